The van der Waals surface area contributed by atoms with Crippen molar-refractivity contribution in [2.24, 2.45) is 0 Å². The van der Waals surface area contributed by atoms with E-state index < -0.39 is 6.10 Å². The van der Waals surface area contributed by atoms with Crippen molar-refractivity contribution in [1.29, 1.82) is 0 Å². The summed E-state index contributed by atoms with van der Waals surface area (Å²) in [6.07, 6.45) is 85.0. The SMILES string of the molecule is CCCCCCC/C=C\C/C=C\CCCCCCCCCCCCCCCCCCCCCC(=O)OCC(COC(=O)CCCCCCCCCCCCCCCC)OC(=O)CCCCCCCCCCCCCCCCCCC. The molecule has 0 rings (SSSR count). The summed E-state index contributed by atoms with van der Waals surface area (Å²) in [5, 5.41) is 0. The van der Waals surface area contributed by atoms with Crippen molar-refractivity contribution in [3.05, 3.63) is 24.3 Å². The van der Waals surface area contributed by atoms with Crippen LogP contribution in [0.2, 0.25) is 0 Å². The van der Waals surface area contributed by atoms with Crippen molar-refractivity contribution < 1.29 is 28.6 Å². The molecule has 0 aliphatic heterocycles. The van der Waals surface area contributed by atoms with Gasteiger partial charge in [0.15, 0.2) is 6.10 Å². The van der Waals surface area contributed by atoms with Gasteiger partial charge >= 0.3 is 17.9 Å². The number of esters is 3. The van der Waals surface area contributed by atoms with Crippen LogP contribution in [-0.2, 0) is 28.6 Å². The molecule has 0 fully saturated rings. The molecule has 0 saturated carbocycles. The van der Waals surface area contributed by atoms with Crippen LogP contribution in [0.5, 0.6) is 0 Å². The van der Waals surface area contributed by atoms with E-state index in [0.29, 0.717) is 19.3 Å². The maximum Gasteiger partial charge on any atom is 0.306 e. The standard InChI is InChI=1S/C74H140O6/c1-4-7-10-13-16-19-22-25-28-30-31-32-33-34-35-36-37-38-39-40-41-42-43-45-46-49-52-55-58-61-64-67-73(76)79-70-71(69-78-72(75)66-63-60-57-54-51-48-27-24-21-18-15-12-9-6-3)80-74(77)68-65-62-59-56-53-50-47-44-29-26-23-20-17-14-11-8-5-2/h22,25,30-31,71H,4-21,23-24,26-29,32-70H2,1-3H3/b25-22-,31-30-. The molecule has 0 amide bonds. The number of carbonyl (C=O) groups is 3. The molecule has 1 unspecified atom stereocenters. The van der Waals surface area contributed by atoms with Crippen molar-refractivity contribution in [2.45, 2.75) is 419 Å². The van der Waals surface area contributed by atoms with Gasteiger partial charge in [0.25, 0.3) is 0 Å². The van der Waals surface area contributed by atoms with E-state index in [1.807, 2.05) is 0 Å². The first-order chi connectivity index (χ1) is 39.5. The molecule has 0 heterocycles. The monoisotopic (exact) mass is 1130 g/mol. The van der Waals surface area contributed by atoms with E-state index in [1.54, 1.807) is 0 Å². The average Bonchev–Trinajstić information content (AvgIpc) is 3.46. The lowest BCUT2D eigenvalue weighted by Gasteiger charge is -2.18. The number of ether oxygens (including phenoxy) is 3. The van der Waals surface area contributed by atoms with Crippen LogP contribution < -0.4 is 0 Å². The van der Waals surface area contributed by atoms with Crippen molar-refractivity contribution in [1.82, 2.24) is 0 Å². The first-order valence-electron chi connectivity index (χ1n) is 36.3. The predicted molar refractivity (Wildman–Crippen MR) is 349 cm³/mol. The average molecular weight is 1130 g/mol. The second-order valence-corrected chi connectivity index (χ2v) is 24.9. The van der Waals surface area contributed by atoms with Gasteiger partial charge in [0.1, 0.15) is 13.2 Å². The molecule has 0 aliphatic carbocycles. The Hall–Kier alpha value is -2.11. The van der Waals surface area contributed by atoms with Crippen molar-refractivity contribution in [3.63, 3.8) is 0 Å². The predicted octanol–water partition coefficient (Wildman–Crippen LogP) is 25.0. The zero-order chi connectivity index (χ0) is 57.8. The topological polar surface area (TPSA) is 78.9 Å². The van der Waals surface area contributed by atoms with Crippen LogP contribution in [0.15, 0.2) is 24.3 Å². The van der Waals surface area contributed by atoms with Gasteiger partial charge in [-0.2, -0.15) is 0 Å². The Balaban J connectivity index is 4.14. The summed E-state index contributed by atoms with van der Waals surface area (Å²) in [5.41, 5.74) is 0. The summed E-state index contributed by atoms with van der Waals surface area (Å²) in [4.78, 5) is 38.4. The first kappa shape index (κ1) is 77.9. The Kier molecular flexibility index (Phi) is 67.6. The van der Waals surface area contributed by atoms with E-state index in [0.717, 1.165) is 64.2 Å². The van der Waals surface area contributed by atoms with E-state index in [1.165, 1.54) is 308 Å². The van der Waals surface area contributed by atoms with Crippen LogP contribution in [0, 0.1) is 0 Å². The third-order valence-corrected chi connectivity index (χ3v) is 16.7. The van der Waals surface area contributed by atoms with Crippen LogP contribution in [0.4, 0.5) is 0 Å². The van der Waals surface area contributed by atoms with Gasteiger partial charge in [-0.05, 0) is 51.4 Å². The molecule has 0 bridgehead atoms. The highest BCUT2D eigenvalue weighted by Crippen LogP contribution is 2.19. The van der Waals surface area contributed by atoms with E-state index in [-0.39, 0.29) is 31.1 Å². The number of unbranched alkanes of at least 4 members (excludes halogenated alkanes) is 53. The smallest absolute Gasteiger partial charge is 0.306 e. The highest BCUT2D eigenvalue weighted by atomic mass is 16.6. The molecule has 0 aliphatic rings. The summed E-state index contributed by atoms with van der Waals surface area (Å²) in [7, 11) is 0. The van der Waals surface area contributed by atoms with E-state index >= 15 is 0 Å². The number of rotatable bonds is 68. The minimum absolute atomic E-state index is 0.0628. The lowest BCUT2D eigenvalue weighted by molar-refractivity contribution is -0.167. The van der Waals surface area contributed by atoms with Gasteiger partial charge in [0.2, 0.25) is 0 Å². The van der Waals surface area contributed by atoms with E-state index in [4.69, 9.17) is 14.2 Å². The fraction of sp³-hybridized carbons (Fsp3) is 0.905. The number of allylic oxidation sites excluding steroid dienone is 4. The minimum atomic E-state index is -0.766. The summed E-state index contributed by atoms with van der Waals surface area (Å²) < 4.78 is 17.0. The van der Waals surface area contributed by atoms with Crippen LogP contribution in [-0.4, -0.2) is 37.2 Å². The van der Waals surface area contributed by atoms with Gasteiger partial charge in [0, 0.05) is 19.3 Å². The Bertz CT molecular complexity index is 1290. The van der Waals surface area contributed by atoms with Gasteiger partial charge in [-0.25, -0.2) is 0 Å². The lowest BCUT2D eigenvalue weighted by atomic mass is 10.0. The Morgan fingerprint density at radius 1 is 0.250 bits per heavy atom. The van der Waals surface area contributed by atoms with Gasteiger partial charge < -0.3 is 14.2 Å². The molecule has 80 heavy (non-hydrogen) atoms. The van der Waals surface area contributed by atoms with Crippen LogP contribution in [0.3, 0.4) is 0 Å². The highest BCUT2D eigenvalue weighted by molar-refractivity contribution is 5.71. The molecule has 0 spiro atoms. The van der Waals surface area contributed by atoms with E-state index in [2.05, 4.69) is 45.1 Å². The largest absolute Gasteiger partial charge is 0.462 e. The third kappa shape index (κ3) is 66.7. The molecule has 0 aromatic rings. The van der Waals surface area contributed by atoms with Crippen LogP contribution >= 0.6 is 0 Å². The van der Waals surface area contributed by atoms with Gasteiger partial charge in [-0.1, -0.05) is 366 Å². The molecule has 1 atom stereocenters. The fourth-order valence-corrected chi connectivity index (χ4v) is 11.2. The zero-order valence-electron chi connectivity index (χ0n) is 54.4. The normalized spacial score (nSPS) is 12.1. The lowest BCUT2D eigenvalue weighted by Crippen LogP contribution is -2.30. The number of hydrogen-bond acceptors (Lipinski definition) is 6. The molecule has 6 nitrogen and oxygen atoms in total. The molecular weight excluding hydrogens is 985 g/mol. The Labute approximate surface area is 500 Å². The highest BCUT2D eigenvalue weighted by Gasteiger charge is 2.19. The maximum atomic E-state index is 12.9. The molecule has 0 aromatic carbocycles. The second-order valence-electron chi connectivity index (χ2n) is 24.9. The summed E-state index contributed by atoms with van der Waals surface area (Å²) in [6, 6.07) is 0. The van der Waals surface area contributed by atoms with Gasteiger partial charge in [-0.3, -0.25) is 14.4 Å². The third-order valence-electron chi connectivity index (χ3n) is 16.7. The van der Waals surface area contributed by atoms with Gasteiger partial charge in [0.05, 0.1) is 0 Å². The molecule has 6 heteroatoms. The molecule has 0 aromatic heterocycles. The van der Waals surface area contributed by atoms with E-state index in [9.17, 15) is 14.4 Å². The summed E-state index contributed by atoms with van der Waals surface area (Å²) in [5.74, 6) is -0.827. The van der Waals surface area contributed by atoms with Crippen molar-refractivity contribution in [3.8, 4) is 0 Å². The minimum Gasteiger partial charge on any atom is -0.462 e. The Morgan fingerprint density at radius 3 is 0.688 bits per heavy atom. The Morgan fingerprint density at radius 2 is 0.450 bits per heavy atom. The van der Waals surface area contributed by atoms with Crippen molar-refractivity contribution >= 4 is 17.9 Å². The number of carbonyl (C=O) groups excluding carboxylic acids is 3. The molecule has 0 N–H and O–H groups in total. The molecule has 472 valence electrons. The fourth-order valence-electron chi connectivity index (χ4n) is 11.2. The second kappa shape index (κ2) is 69.4. The van der Waals surface area contributed by atoms with Crippen molar-refractivity contribution in [2.75, 3.05) is 13.2 Å². The summed E-state index contributed by atoms with van der Waals surface area (Å²) >= 11 is 0. The van der Waals surface area contributed by atoms with Crippen LogP contribution in [0.1, 0.15) is 412 Å². The summed E-state index contributed by atoms with van der Waals surface area (Å²) in [6.45, 7) is 6.72. The molecular formula is C74H140O6. The quantitative estimate of drug-likeness (QED) is 0.0261. The number of hydrogen-bond donors (Lipinski definition) is 0. The first-order valence-corrected chi connectivity index (χ1v) is 36.3. The molecule has 0 saturated heterocycles. The maximum absolute atomic E-state index is 12.9. The van der Waals surface area contributed by atoms with Gasteiger partial charge in [-0.15, -0.1) is 0 Å². The van der Waals surface area contributed by atoms with Crippen LogP contribution in [0.25, 0.3) is 0 Å². The molecule has 0 radical (unpaired) electrons. The zero-order valence-corrected chi connectivity index (χ0v) is 54.4.